The van der Waals surface area contributed by atoms with Gasteiger partial charge in [-0.3, -0.25) is 0 Å². The summed E-state index contributed by atoms with van der Waals surface area (Å²) in [5.74, 6) is 3.10. The van der Waals surface area contributed by atoms with Gasteiger partial charge < -0.3 is 0 Å². The van der Waals surface area contributed by atoms with Crippen molar-refractivity contribution in [3.8, 4) is 22.3 Å². The maximum atomic E-state index is 2.45. The Hall–Kier alpha value is -3.90. The van der Waals surface area contributed by atoms with Crippen LogP contribution < -0.4 is 0 Å². The SMILES string of the molecule is c1ccc(C2(c3ccc(-c4ccc(-c5ccc(C6(c7ccccc7)C7CCC6CC7)cc5)cc4)cc3)C3CCC2CC3)cc1. The van der Waals surface area contributed by atoms with E-state index in [0.29, 0.717) is 0 Å². The summed E-state index contributed by atoms with van der Waals surface area (Å²) < 4.78 is 0. The van der Waals surface area contributed by atoms with E-state index in [1.54, 1.807) is 0 Å². The van der Waals surface area contributed by atoms with Crippen LogP contribution in [0.3, 0.4) is 0 Å². The average Bonchev–Trinajstić information content (AvgIpc) is 3.88. The smallest absolute Gasteiger partial charge is 0.0259 e. The number of hydrogen-bond donors (Lipinski definition) is 0. The molecule has 44 heavy (non-hydrogen) atoms. The zero-order valence-electron chi connectivity index (χ0n) is 25.7. The van der Waals surface area contributed by atoms with Crippen molar-refractivity contribution in [2.75, 3.05) is 0 Å². The number of rotatable bonds is 6. The van der Waals surface area contributed by atoms with Crippen LogP contribution in [0.15, 0.2) is 133 Å². The molecule has 0 N–H and O–H groups in total. The van der Waals surface area contributed by atoms with Crippen molar-refractivity contribution in [3.63, 3.8) is 0 Å². The third-order valence-electron chi connectivity index (χ3n) is 12.8. The van der Waals surface area contributed by atoms with E-state index in [2.05, 4.69) is 133 Å². The second-order valence-electron chi connectivity index (χ2n) is 14.3. The first-order chi connectivity index (χ1) is 21.8. The molecule has 218 valence electrons. The van der Waals surface area contributed by atoms with Gasteiger partial charge >= 0.3 is 0 Å². The zero-order valence-corrected chi connectivity index (χ0v) is 25.7. The van der Waals surface area contributed by atoms with Crippen molar-refractivity contribution < 1.29 is 0 Å². The average molecular weight is 571 g/mol. The molecule has 5 aromatic carbocycles. The molecule has 0 atom stereocenters. The van der Waals surface area contributed by atoms with Crippen LogP contribution in [0.25, 0.3) is 22.3 Å². The molecule has 0 amide bonds. The summed E-state index contributed by atoms with van der Waals surface area (Å²) in [5, 5.41) is 0. The van der Waals surface area contributed by atoms with Gasteiger partial charge in [0.1, 0.15) is 0 Å². The van der Waals surface area contributed by atoms with E-state index >= 15 is 0 Å². The van der Waals surface area contributed by atoms with Crippen LogP contribution in [-0.2, 0) is 10.8 Å². The summed E-state index contributed by atoms with van der Waals surface area (Å²) in [6.45, 7) is 0. The minimum atomic E-state index is 0.201. The highest BCUT2D eigenvalue weighted by molar-refractivity contribution is 5.71. The molecule has 0 spiro atoms. The minimum Gasteiger partial charge on any atom is -0.0622 e. The van der Waals surface area contributed by atoms with Crippen LogP contribution in [0.2, 0.25) is 0 Å². The molecule has 0 unspecified atom stereocenters. The normalized spacial score (nSPS) is 30.2. The van der Waals surface area contributed by atoms with Crippen LogP contribution in [0, 0.1) is 23.7 Å². The Kier molecular flexibility index (Phi) is 6.23. The van der Waals surface area contributed by atoms with E-state index in [1.165, 1.54) is 95.9 Å². The van der Waals surface area contributed by atoms with E-state index < -0.39 is 0 Å². The quantitative estimate of drug-likeness (QED) is 0.190. The molecule has 0 aliphatic heterocycles. The fourth-order valence-corrected chi connectivity index (χ4v) is 11.1. The lowest BCUT2D eigenvalue weighted by atomic mass is 9.67. The second-order valence-corrected chi connectivity index (χ2v) is 14.3. The van der Waals surface area contributed by atoms with Gasteiger partial charge in [0.25, 0.3) is 0 Å². The van der Waals surface area contributed by atoms with Crippen molar-refractivity contribution in [1.82, 2.24) is 0 Å². The van der Waals surface area contributed by atoms with Gasteiger partial charge in [-0.25, -0.2) is 0 Å². The molecule has 5 aromatic rings. The van der Waals surface area contributed by atoms with Crippen LogP contribution in [0.4, 0.5) is 0 Å². The van der Waals surface area contributed by atoms with Gasteiger partial charge in [0.2, 0.25) is 0 Å². The monoisotopic (exact) mass is 570 g/mol. The van der Waals surface area contributed by atoms with Crippen LogP contribution in [0.5, 0.6) is 0 Å². The molecule has 9 rings (SSSR count). The highest BCUT2D eigenvalue weighted by atomic mass is 14.6. The topological polar surface area (TPSA) is 0 Å². The van der Waals surface area contributed by atoms with Crippen molar-refractivity contribution in [1.29, 1.82) is 0 Å². The van der Waals surface area contributed by atoms with Crippen LogP contribution in [0.1, 0.15) is 73.6 Å². The summed E-state index contributed by atoms with van der Waals surface area (Å²) in [6, 6.07) is 51.3. The molecule has 0 radical (unpaired) electrons. The van der Waals surface area contributed by atoms with E-state index in [4.69, 9.17) is 0 Å². The summed E-state index contributed by atoms with van der Waals surface area (Å²) >= 11 is 0. The van der Waals surface area contributed by atoms with Crippen molar-refractivity contribution in [3.05, 3.63) is 156 Å². The first-order valence-electron chi connectivity index (χ1n) is 17.2. The van der Waals surface area contributed by atoms with Gasteiger partial charge in [0, 0.05) is 10.8 Å². The predicted octanol–water partition coefficient (Wildman–Crippen LogP) is 11.2. The van der Waals surface area contributed by atoms with E-state index in [0.717, 1.165) is 23.7 Å². The summed E-state index contributed by atoms with van der Waals surface area (Å²) in [7, 11) is 0. The number of benzene rings is 5. The summed E-state index contributed by atoms with van der Waals surface area (Å²) in [5.41, 5.74) is 11.7. The Morgan fingerprint density at radius 2 is 0.500 bits per heavy atom. The highest BCUT2D eigenvalue weighted by Crippen LogP contribution is 2.63. The van der Waals surface area contributed by atoms with E-state index in [-0.39, 0.29) is 10.8 Å². The van der Waals surface area contributed by atoms with Gasteiger partial charge in [-0.1, -0.05) is 133 Å². The molecule has 0 nitrogen and oxygen atoms in total. The molecule has 0 aromatic heterocycles. The molecule has 4 saturated carbocycles. The Labute approximate surface area is 263 Å². The van der Waals surface area contributed by atoms with E-state index in [9.17, 15) is 0 Å². The van der Waals surface area contributed by atoms with Crippen molar-refractivity contribution in [2.45, 2.75) is 62.2 Å². The standard InChI is InChI=1S/C44H42/c1-3-7-35(8-4-1)43(39-23-24-40(43)26-25-39)37-19-15-33(16-20-37)31-11-13-32(14-12-31)34-17-21-38(22-18-34)44(36-9-5-2-6-10-36)41-27-28-42(44)30-29-41/h1-22,39-42H,23-30H2. The fraction of sp³-hybridized carbons (Fsp3) is 0.318. The van der Waals surface area contributed by atoms with Crippen molar-refractivity contribution in [2.24, 2.45) is 23.7 Å². The lowest BCUT2D eigenvalue weighted by Gasteiger charge is -2.36. The molecular formula is C44H42. The Balaban J connectivity index is 0.990. The molecular weight excluding hydrogens is 528 g/mol. The number of fused-ring (bicyclic) bond motifs is 4. The maximum Gasteiger partial charge on any atom is 0.0259 e. The third-order valence-corrected chi connectivity index (χ3v) is 12.8. The van der Waals surface area contributed by atoms with E-state index in [1.807, 2.05) is 0 Å². The zero-order chi connectivity index (χ0) is 29.1. The maximum absolute atomic E-state index is 2.45. The van der Waals surface area contributed by atoms with Crippen molar-refractivity contribution >= 4 is 0 Å². The lowest BCUT2D eigenvalue weighted by Crippen LogP contribution is -2.33. The third kappa shape index (κ3) is 3.76. The molecule has 4 fully saturated rings. The molecule has 0 saturated heterocycles. The Morgan fingerprint density at radius 3 is 0.773 bits per heavy atom. The van der Waals surface area contributed by atoms with Gasteiger partial charge in [0.05, 0.1) is 0 Å². The van der Waals surface area contributed by atoms with Gasteiger partial charge in [-0.05, 0) is 120 Å². The fourth-order valence-electron chi connectivity index (χ4n) is 11.1. The first kappa shape index (κ1) is 26.5. The number of hydrogen-bond acceptors (Lipinski definition) is 0. The summed E-state index contributed by atoms with van der Waals surface area (Å²) in [6.07, 6.45) is 11.0. The van der Waals surface area contributed by atoms with Gasteiger partial charge in [0.15, 0.2) is 0 Å². The molecule has 0 heteroatoms. The first-order valence-corrected chi connectivity index (χ1v) is 17.2. The molecule has 4 aliphatic rings. The Morgan fingerprint density at radius 1 is 0.273 bits per heavy atom. The van der Waals surface area contributed by atoms with Crippen LogP contribution >= 0.6 is 0 Å². The second kappa shape index (κ2) is 10.3. The summed E-state index contributed by atoms with van der Waals surface area (Å²) in [4.78, 5) is 0. The van der Waals surface area contributed by atoms with Gasteiger partial charge in [-0.15, -0.1) is 0 Å². The van der Waals surface area contributed by atoms with Gasteiger partial charge in [-0.2, -0.15) is 0 Å². The molecule has 4 bridgehead atoms. The lowest BCUT2D eigenvalue weighted by molar-refractivity contribution is 0.390. The highest BCUT2D eigenvalue weighted by Gasteiger charge is 2.57. The minimum absolute atomic E-state index is 0.201. The predicted molar refractivity (Wildman–Crippen MR) is 183 cm³/mol. The Bertz CT molecular complexity index is 1570. The van der Waals surface area contributed by atoms with Crippen LogP contribution in [-0.4, -0.2) is 0 Å². The molecule has 0 heterocycles. The largest absolute Gasteiger partial charge is 0.0622 e. The molecule has 4 aliphatic carbocycles.